The molecule has 3 heterocycles. The second-order valence-corrected chi connectivity index (χ2v) is 10.5. The standard InChI is InChI=1S/C27H30ClN7O.C3H8O/c1-2-12-29-21-10-13-34(14-11-21)25-9-4-3-8-24(25)33-27(36)32-22-16-30-26-23(17-31-35(26)18-22)19-6-5-7-20(28)15-19;1-3(2)4/h3-9,15-18,21,29H,2,10-14H2,1H3,(H2,32,33,36);3-4H,1-2H3. The van der Waals surface area contributed by atoms with Gasteiger partial charge in [-0.15, -0.1) is 0 Å². The number of carbonyl (C=O) groups is 1. The maximum atomic E-state index is 12.9. The Morgan fingerprint density at radius 3 is 2.58 bits per heavy atom. The van der Waals surface area contributed by atoms with Crippen molar-refractivity contribution >= 4 is 40.3 Å². The summed E-state index contributed by atoms with van der Waals surface area (Å²) in [6.07, 6.45) is 8.28. The number of rotatable bonds is 7. The Balaban J connectivity index is 0.000000867. The van der Waals surface area contributed by atoms with E-state index >= 15 is 0 Å². The molecule has 2 aromatic heterocycles. The Hall–Kier alpha value is -3.66. The molecular formula is C30H38ClN7O2. The van der Waals surface area contributed by atoms with Gasteiger partial charge in [-0.3, -0.25) is 0 Å². The SMILES string of the molecule is CC(C)O.CCCNC1CCN(c2ccccc2NC(=O)Nc2cnc3c(-c4cccc(Cl)c4)cnn3c2)CC1. The van der Waals surface area contributed by atoms with Gasteiger partial charge in [0.05, 0.1) is 35.7 Å². The quantitative estimate of drug-likeness (QED) is 0.218. The fourth-order valence-electron chi connectivity index (χ4n) is 4.61. The largest absolute Gasteiger partial charge is 0.394 e. The number of piperidine rings is 1. The molecule has 0 saturated carbocycles. The topological polar surface area (TPSA) is 107 Å². The number of carbonyl (C=O) groups excluding carboxylic acids is 1. The summed E-state index contributed by atoms with van der Waals surface area (Å²) in [7, 11) is 0. The monoisotopic (exact) mass is 563 g/mol. The fraction of sp³-hybridized carbons (Fsp3) is 0.367. The summed E-state index contributed by atoms with van der Waals surface area (Å²) in [5.41, 5.74) is 4.85. The van der Waals surface area contributed by atoms with Crippen LogP contribution < -0.4 is 20.9 Å². The van der Waals surface area contributed by atoms with E-state index in [0.29, 0.717) is 22.4 Å². The number of nitrogens with one attached hydrogen (secondary N) is 3. The summed E-state index contributed by atoms with van der Waals surface area (Å²) in [6.45, 7) is 8.60. The maximum absolute atomic E-state index is 12.9. The lowest BCUT2D eigenvalue weighted by Gasteiger charge is -2.35. The lowest BCUT2D eigenvalue weighted by atomic mass is 10.0. The van der Waals surface area contributed by atoms with Crippen LogP contribution in [0.25, 0.3) is 16.8 Å². The highest BCUT2D eigenvalue weighted by Crippen LogP contribution is 2.29. The van der Waals surface area contributed by atoms with Gasteiger partial charge in [-0.1, -0.05) is 42.8 Å². The Morgan fingerprint density at radius 1 is 1.10 bits per heavy atom. The van der Waals surface area contributed by atoms with E-state index in [0.717, 1.165) is 61.4 Å². The number of anilines is 3. The van der Waals surface area contributed by atoms with E-state index in [9.17, 15) is 4.79 Å². The van der Waals surface area contributed by atoms with Crippen LogP contribution in [0.5, 0.6) is 0 Å². The van der Waals surface area contributed by atoms with Gasteiger partial charge in [-0.25, -0.2) is 14.3 Å². The highest BCUT2D eigenvalue weighted by atomic mass is 35.5. The van der Waals surface area contributed by atoms with Crippen molar-refractivity contribution < 1.29 is 9.90 Å². The molecule has 4 N–H and O–H groups in total. The number of benzene rings is 2. The number of fused-ring (bicyclic) bond motifs is 1. The molecule has 4 aromatic rings. The highest BCUT2D eigenvalue weighted by Gasteiger charge is 2.21. The minimum absolute atomic E-state index is 0.167. The van der Waals surface area contributed by atoms with Gasteiger partial charge in [0.25, 0.3) is 0 Å². The van der Waals surface area contributed by atoms with Gasteiger partial charge in [0.1, 0.15) is 0 Å². The molecule has 0 atom stereocenters. The second-order valence-electron chi connectivity index (χ2n) is 10.1. The lowest BCUT2D eigenvalue weighted by molar-refractivity contribution is 0.216. The van der Waals surface area contributed by atoms with E-state index in [2.05, 4.69) is 43.9 Å². The molecule has 40 heavy (non-hydrogen) atoms. The van der Waals surface area contributed by atoms with Gasteiger partial charge < -0.3 is 26.0 Å². The third-order valence-electron chi connectivity index (χ3n) is 6.42. The number of aliphatic hydroxyl groups is 1. The van der Waals surface area contributed by atoms with Crippen molar-refractivity contribution in [2.24, 2.45) is 0 Å². The third-order valence-corrected chi connectivity index (χ3v) is 6.66. The molecular weight excluding hydrogens is 526 g/mol. The number of amides is 2. The summed E-state index contributed by atoms with van der Waals surface area (Å²) in [5.74, 6) is 0. The number of aromatic nitrogens is 3. The zero-order chi connectivity index (χ0) is 28.5. The molecule has 1 saturated heterocycles. The molecule has 0 bridgehead atoms. The smallest absolute Gasteiger partial charge is 0.323 e. The predicted octanol–water partition coefficient (Wildman–Crippen LogP) is 6.05. The zero-order valence-corrected chi connectivity index (χ0v) is 24.0. The van der Waals surface area contributed by atoms with Crippen LogP contribution in [-0.4, -0.2) is 57.5 Å². The second kappa shape index (κ2) is 14.1. The number of aliphatic hydroxyl groups excluding tert-OH is 1. The van der Waals surface area contributed by atoms with E-state index in [1.54, 1.807) is 37.0 Å². The highest BCUT2D eigenvalue weighted by molar-refractivity contribution is 6.30. The van der Waals surface area contributed by atoms with E-state index < -0.39 is 0 Å². The number of urea groups is 1. The molecule has 1 aliphatic rings. The Labute approximate surface area is 240 Å². The Bertz CT molecular complexity index is 1400. The van der Waals surface area contributed by atoms with Gasteiger partial charge in [-0.2, -0.15) is 5.10 Å². The first-order valence-electron chi connectivity index (χ1n) is 13.8. The molecule has 1 fully saturated rings. The van der Waals surface area contributed by atoms with Crippen molar-refractivity contribution in [3.63, 3.8) is 0 Å². The molecule has 5 rings (SSSR count). The van der Waals surface area contributed by atoms with E-state index in [4.69, 9.17) is 16.7 Å². The average molecular weight is 564 g/mol. The number of halogens is 1. The minimum atomic E-state index is -0.328. The van der Waals surface area contributed by atoms with Crippen molar-refractivity contribution in [2.75, 3.05) is 35.2 Å². The van der Waals surface area contributed by atoms with Crippen LogP contribution in [0.4, 0.5) is 21.9 Å². The molecule has 2 aromatic carbocycles. The molecule has 9 nitrogen and oxygen atoms in total. The van der Waals surface area contributed by atoms with E-state index in [1.807, 2.05) is 42.5 Å². The molecule has 0 spiro atoms. The van der Waals surface area contributed by atoms with Crippen LogP contribution in [0.1, 0.15) is 40.0 Å². The molecule has 0 unspecified atom stereocenters. The fourth-order valence-corrected chi connectivity index (χ4v) is 4.80. The molecule has 1 aliphatic heterocycles. The van der Waals surface area contributed by atoms with Crippen LogP contribution >= 0.6 is 11.6 Å². The lowest BCUT2D eigenvalue weighted by Crippen LogP contribution is -2.43. The number of nitrogens with zero attached hydrogens (tertiary/aromatic N) is 4. The number of para-hydroxylation sites is 2. The molecule has 0 aliphatic carbocycles. The Morgan fingerprint density at radius 2 is 1.85 bits per heavy atom. The normalized spacial score (nSPS) is 13.7. The van der Waals surface area contributed by atoms with Gasteiger partial charge in [0, 0.05) is 35.8 Å². The van der Waals surface area contributed by atoms with Crippen molar-refractivity contribution in [3.8, 4) is 11.1 Å². The summed E-state index contributed by atoms with van der Waals surface area (Å²) in [5, 5.41) is 22.6. The summed E-state index contributed by atoms with van der Waals surface area (Å²) >= 11 is 6.14. The van der Waals surface area contributed by atoms with Crippen molar-refractivity contribution in [2.45, 2.75) is 52.2 Å². The number of hydrogen-bond acceptors (Lipinski definition) is 6. The minimum Gasteiger partial charge on any atom is -0.394 e. The molecule has 2 amide bonds. The summed E-state index contributed by atoms with van der Waals surface area (Å²) < 4.78 is 1.65. The predicted molar refractivity (Wildman–Crippen MR) is 163 cm³/mol. The van der Waals surface area contributed by atoms with Gasteiger partial charge in [0.15, 0.2) is 5.65 Å². The van der Waals surface area contributed by atoms with Crippen LogP contribution in [-0.2, 0) is 0 Å². The summed E-state index contributed by atoms with van der Waals surface area (Å²) in [6, 6.07) is 15.7. The maximum Gasteiger partial charge on any atom is 0.323 e. The van der Waals surface area contributed by atoms with Crippen molar-refractivity contribution in [1.82, 2.24) is 19.9 Å². The van der Waals surface area contributed by atoms with Gasteiger partial charge >= 0.3 is 6.03 Å². The van der Waals surface area contributed by atoms with Gasteiger partial charge in [-0.05, 0) is 69.5 Å². The average Bonchev–Trinajstić information content (AvgIpc) is 3.35. The Kier molecular flexibility index (Phi) is 10.3. The third kappa shape index (κ3) is 7.94. The van der Waals surface area contributed by atoms with Crippen LogP contribution in [0.2, 0.25) is 5.02 Å². The summed E-state index contributed by atoms with van der Waals surface area (Å²) in [4.78, 5) is 19.7. The van der Waals surface area contributed by atoms with Crippen molar-refractivity contribution in [1.29, 1.82) is 0 Å². The van der Waals surface area contributed by atoms with Crippen LogP contribution in [0.15, 0.2) is 67.1 Å². The first-order chi connectivity index (χ1) is 19.3. The van der Waals surface area contributed by atoms with Crippen LogP contribution in [0, 0.1) is 0 Å². The molecule has 212 valence electrons. The molecule has 10 heteroatoms. The van der Waals surface area contributed by atoms with E-state index in [1.165, 1.54) is 0 Å². The van der Waals surface area contributed by atoms with Crippen LogP contribution in [0.3, 0.4) is 0 Å². The zero-order valence-electron chi connectivity index (χ0n) is 23.3. The van der Waals surface area contributed by atoms with E-state index in [-0.39, 0.29) is 12.1 Å². The number of hydrogen-bond donors (Lipinski definition) is 4. The first-order valence-corrected chi connectivity index (χ1v) is 14.1. The first kappa shape index (κ1) is 29.3. The van der Waals surface area contributed by atoms with Crippen molar-refractivity contribution in [3.05, 3.63) is 72.1 Å². The molecule has 0 radical (unpaired) electrons. The van der Waals surface area contributed by atoms with Gasteiger partial charge in [0.2, 0.25) is 0 Å².